The van der Waals surface area contributed by atoms with E-state index < -0.39 is 41.4 Å². The van der Waals surface area contributed by atoms with E-state index in [2.05, 4.69) is 9.72 Å². The van der Waals surface area contributed by atoms with Gasteiger partial charge in [-0.2, -0.15) is 0 Å². The number of aliphatic hydroxyl groups is 1. The number of esters is 1. The van der Waals surface area contributed by atoms with E-state index in [0.717, 1.165) is 12.3 Å². The highest BCUT2D eigenvalue weighted by Crippen LogP contribution is 2.26. The van der Waals surface area contributed by atoms with Crippen molar-refractivity contribution < 1.29 is 32.6 Å². The summed E-state index contributed by atoms with van der Waals surface area (Å²) in [6.45, 7) is -0.0133. The SMILES string of the molecule is CCOC(=O)C(CO)N(C(=O)c1ccccn1)C(F)(F)F. The number of amides is 1. The summed E-state index contributed by atoms with van der Waals surface area (Å²) in [7, 11) is 0. The molecule has 1 atom stereocenters. The second-order valence-corrected chi connectivity index (χ2v) is 3.81. The highest BCUT2D eigenvalue weighted by atomic mass is 19.4. The molecule has 116 valence electrons. The third-order valence-corrected chi connectivity index (χ3v) is 2.42. The Balaban J connectivity index is 3.17. The van der Waals surface area contributed by atoms with Crippen LogP contribution in [0.3, 0.4) is 0 Å². The van der Waals surface area contributed by atoms with Gasteiger partial charge in [-0.3, -0.25) is 9.78 Å². The van der Waals surface area contributed by atoms with Crippen LogP contribution in [0.2, 0.25) is 0 Å². The normalized spacial score (nSPS) is 12.6. The number of alkyl halides is 3. The molecule has 21 heavy (non-hydrogen) atoms. The number of pyridine rings is 1. The number of carbonyl (C=O) groups excluding carboxylic acids is 2. The Labute approximate surface area is 118 Å². The Hall–Kier alpha value is -2.16. The summed E-state index contributed by atoms with van der Waals surface area (Å²) in [6.07, 6.45) is -4.03. The largest absolute Gasteiger partial charge is 0.488 e. The van der Waals surface area contributed by atoms with Crippen molar-refractivity contribution in [2.24, 2.45) is 0 Å². The summed E-state index contributed by atoms with van der Waals surface area (Å²) in [5.74, 6) is -2.89. The maximum atomic E-state index is 13.1. The van der Waals surface area contributed by atoms with E-state index in [1.54, 1.807) is 0 Å². The molecule has 1 aromatic heterocycles. The van der Waals surface area contributed by atoms with Gasteiger partial charge in [0.25, 0.3) is 5.91 Å². The van der Waals surface area contributed by atoms with Crippen molar-refractivity contribution in [3.8, 4) is 0 Å². The van der Waals surface area contributed by atoms with Crippen molar-refractivity contribution in [2.45, 2.75) is 19.3 Å². The molecule has 0 bridgehead atoms. The number of ether oxygens (including phenoxy) is 1. The fourth-order valence-corrected chi connectivity index (χ4v) is 1.55. The second kappa shape index (κ2) is 7.02. The minimum atomic E-state index is -5.17. The average molecular weight is 306 g/mol. The molecule has 0 aliphatic heterocycles. The van der Waals surface area contributed by atoms with Gasteiger partial charge in [0.2, 0.25) is 0 Å². The summed E-state index contributed by atoms with van der Waals surface area (Å²) >= 11 is 0. The summed E-state index contributed by atoms with van der Waals surface area (Å²) in [5.41, 5.74) is -0.502. The molecular weight excluding hydrogens is 293 g/mol. The van der Waals surface area contributed by atoms with Gasteiger partial charge in [-0.05, 0) is 19.1 Å². The number of rotatable bonds is 5. The molecule has 0 spiro atoms. The van der Waals surface area contributed by atoms with Gasteiger partial charge in [-0.25, -0.2) is 9.69 Å². The van der Waals surface area contributed by atoms with Crippen molar-refractivity contribution >= 4 is 11.9 Å². The lowest BCUT2D eigenvalue weighted by molar-refractivity contribution is -0.241. The minimum absolute atomic E-state index is 0.182. The Morgan fingerprint density at radius 2 is 2.10 bits per heavy atom. The monoisotopic (exact) mass is 306 g/mol. The smallest absolute Gasteiger partial charge is 0.464 e. The van der Waals surface area contributed by atoms with Crippen molar-refractivity contribution in [1.29, 1.82) is 0 Å². The molecule has 0 saturated heterocycles. The Bertz CT molecular complexity index is 493. The standard InChI is InChI=1S/C12H13F3N2O4/c1-2-21-11(20)9(7-18)17(12(13,14)15)10(19)8-5-3-4-6-16-8/h3-6,9,18H,2,7H2,1H3. The van der Waals surface area contributed by atoms with Gasteiger partial charge < -0.3 is 9.84 Å². The molecule has 0 aliphatic rings. The van der Waals surface area contributed by atoms with E-state index in [9.17, 15) is 22.8 Å². The first-order valence-corrected chi connectivity index (χ1v) is 5.91. The number of halogens is 3. The fourth-order valence-electron chi connectivity index (χ4n) is 1.55. The number of carbonyl (C=O) groups is 2. The van der Waals surface area contributed by atoms with Crippen molar-refractivity contribution in [3.63, 3.8) is 0 Å². The van der Waals surface area contributed by atoms with E-state index in [1.165, 1.54) is 19.1 Å². The molecule has 0 radical (unpaired) electrons. The lowest BCUT2D eigenvalue weighted by atomic mass is 10.2. The van der Waals surface area contributed by atoms with E-state index in [-0.39, 0.29) is 6.61 Å². The molecule has 0 saturated carbocycles. The summed E-state index contributed by atoms with van der Waals surface area (Å²) in [4.78, 5) is 26.2. The van der Waals surface area contributed by atoms with Gasteiger partial charge in [0.15, 0.2) is 6.04 Å². The van der Waals surface area contributed by atoms with Gasteiger partial charge in [0, 0.05) is 6.20 Å². The van der Waals surface area contributed by atoms with Crippen LogP contribution >= 0.6 is 0 Å². The van der Waals surface area contributed by atoms with Crippen LogP contribution in [-0.2, 0) is 9.53 Å². The first kappa shape index (κ1) is 16.9. The van der Waals surface area contributed by atoms with Crippen LogP contribution < -0.4 is 0 Å². The topological polar surface area (TPSA) is 79.7 Å². The molecule has 0 aliphatic carbocycles. The zero-order valence-electron chi connectivity index (χ0n) is 11.0. The zero-order valence-corrected chi connectivity index (χ0v) is 11.0. The van der Waals surface area contributed by atoms with Crippen LogP contribution in [0.25, 0.3) is 0 Å². The average Bonchev–Trinajstić information content (AvgIpc) is 2.43. The third-order valence-electron chi connectivity index (χ3n) is 2.42. The predicted octanol–water partition coefficient (Wildman–Crippen LogP) is 0.968. The van der Waals surface area contributed by atoms with Crippen molar-refractivity contribution in [1.82, 2.24) is 9.88 Å². The highest BCUT2D eigenvalue weighted by molar-refractivity contribution is 5.95. The minimum Gasteiger partial charge on any atom is -0.464 e. The van der Waals surface area contributed by atoms with Crippen LogP contribution in [0, 0.1) is 0 Å². The van der Waals surface area contributed by atoms with E-state index in [4.69, 9.17) is 5.11 Å². The van der Waals surface area contributed by atoms with Gasteiger partial charge in [0.1, 0.15) is 5.69 Å². The quantitative estimate of drug-likeness (QED) is 0.647. The zero-order chi connectivity index (χ0) is 16.0. The highest BCUT2D eigenvalue weighted by Gasteiger charge is 2.49. The first-order chi connectivity index (χ1) is 9.82. The van der Waals surface area contributed by atoms with Crippen LogP contribution in [0.4, 0.5) is 13.2 Å². The molecule has 1 N–H and O–H groups in total. The number of hydrogen-bond donors (Lipinski definition) is 1. The molecule has 6 nitrogen and oxygen atoms in total. The van der Waals surface area contributed by atoms with Crippen molar-refractivity contribution in [2.75, 3.05) is 13.2 Å². The fraction of sp³-hybridized carbons (Fsp3) is 0.417. The van der Waals surface area contributed by atoms with Crippen LogP contribution in [0.15, 0.2) is 24.4 Å². The van der Waals surface area contributed by atoms with Gasteiger partial charge in [-0.15, -0.1) is 13.2 Å². The molecule has 1 heterocycles. The maximum absolute atomic E-state index is 13.1. The van der Waals surface area contributed by atoms with Crippen LogP contribution in [-0.4, -0.2) is 52.4 Å². The number of nitrogens with zero attached hydrogens (tertiary/aromatic N) is 2. The molecule has 9 heteroatoms. The van der Waals surface area contributed by atoms with E-state index in [0.29, 0.717) is 0 Å². The molecule has 1 amide bonds. The summed E-state index contributed by atoms with van der Waals surface area (Å²) in [6, 6.07) is 1.64. The lowest BCUT2D eigenvalue weighted by Gasteiger charge is -2.30. The predicted molar refractivity (Wildman–Crippen MR) is 64.0 cm³/mol. The Morgan fingerprint density at radius 1 is 1.43 bits per heavy atom. The van der Waals surface area contributed by atoms with E-state index in [1.807, 2.05) is 0 Å². The number of hydrogen-bond acceptors (Lipinski definition) is 5. The summed E-state index contributed by atoms with van der Waals surface area (Å²) < 4.78 is 43.6. The number of aromatic nitrogens is 1. The van der Waals surface area contributed by atoms with Crippen LogP contribution in [0.5, 0.6) is 0 Å². The summed E-state index contributed by atoms with van der Waals surface area (Å²) in [5, 5.41) is 9.04. The van der Waals surface area contributed by atoms with E-state index >= 15 is 0 Å². The maximum Gasteiger partial charge on any atom is 0.488 e. The molecule has 1 unspecified atom stereocenters. The lowest BCUT2D eigenvalue weighted by Crippen LogP contribution is -2.55. The molecule has 0 aromatic carbocycles. The Kier molecular flexibility index (Phi) is 5.65. The molecule has 1 rings (SSSR count). The molecule has 0 fully saturated rings. The molecular formula is C12H13F3N2O4. The molecule has 1 aromatic rings. The third kappa shape index (κ3) is 4.15. The number of aliphatic hydroxyl groups excluding tert-OH is 1. The van der Waals surface area contributed by atoms with Gasteiger partial charge in [0.05, 0.1) is 13.2 Å². The second-order valence-electron chi connectivity index (χ2n) is 3.81. The Morgan fingerprint density at radius 3 is 2.52 bits per heavy atom. The van der Waals surface area contributed by atoms with Crippen molar-refractivity contribution in [3.05, 3.63) is 30.1 Å². The van der Waals surface area contributed by atoms with Gasteiger partial charge >= 0.3 is 12.3 Å². The first-order valence-electron chi connectivity index (χ1n) is 5.91. The van der Waals surface area contributed by atoms with Gasteiger partial charge in [-0.1, -0.05) is 6.07 Å². The van der Waals surface area contributed by atoms with Crippen LogP contribution in [0.1, 0.15) is 17.4 Å².